The van der Waals surface area contributed by atoms with Gasteiger partial charge in [-0.25, -0.2) is 4.79 Å². The molecule has 0 spiro atoms. The number of carboxylic acids is 1. The summed E-state index contributed by atoms with van der Waals surface area (Å²) in [7, 11) is 0. The molecule has 1 saturated heterocycles. The normalized spacial score (nSPS) is 20.7. The molecular weight excluding hydrogens is 374 g/mol. The molecule has 3 N–H and O–H groups in total. The van der Waals surface area contributed by atoms with Crippen molar-refractivity contribution in [2.24, 2.45) is 0 Å². The summed E-state index contributed by atoms with van der Waals surface area (Å²) in [6, 6.07) is 7.96. The Balaban J connectivity index is 1.93. The van der Waals surface area contributed by atoms with Crippen LogP contribution in [0.3, 0.4) is 0 Å². The molecule has 8 heteroatoms. The van der Waals surface area contributed by atoms with Crippen molar-refractivity contribution in [2.75, 3.05) is 6.54 Å². The van der Waals surface area contributed by atoms with Crippen molar-refractivity contribution in [1.29, 1.82) is 0 Å². The molecule has 1 aromatic rings. The Morgan fingerprint density at radius 1 is 1.17 bits per heavy atom. The van der Waals surface area contributed by atoms with E-state index in [9.17, 15) is 19.5 Å². The number of aliphatic carboxylic acids is 1. The Morgan fingerprint density at radius 2 is 1.79 bits per heavy atom. The summed E-state index contributed by atoms with van der Waals surface area (Å²) >= 11 is 0. The number of benzene rings is 1. The second-order valence-electron chi connectivity index (χ2n) is 8.40. The first-order chi connectivity index (χ1) is 13.6. The second-order valence-corrected chi connectivity index (χ2v) is 8.40. The molecule has 1 aliphatic rings. The van der Waals surface area contributed by atoms with Crippen LogP contribution in [0.4, 0.5) is 4.79 Å². The highest BCUT2D eigenvalue weighted by Crippen LogP contribution is 2.27. The number of likely N-dealkylation sites (tertiary alicyclic amines) is 1. The third kappa shape index (κ3) is 7.05. The summed E-state index contributed by atoms with van der Waals surface area (Å²) in [6.45, 7) is 7.71. The summed E-state index contributed by atoms with van der Waals surface area (Å²) in [4.78, 5) is 37.9. The summed E-state index contributed by atoms with van der Waals surface area (Å²) in [6.07, 6.45) is 0.354. The zero-order valence-electron chi connectivity index (χ0n) is 17.5. The predicted octanol–water partition coefficient (Wildman–Crippen LogP) is 2.13. The first-order valence-corrected chi connectivity index (χ1v) is 9.86. The Kier molecular flexibility index (Phi) is 7.61. The van der Waals surface area contributed by atoms with Gasteiger partial charge in [-0.1, -0.05) is 30.3 Å². The lowest BCUT2D eigenvalue weighted by Gasteiger charge is -2.28. The van der Waals surface area contributed by atoms with Crippen LogP contribution in [0.15, 0.2) is 30.3 Å². The molecule has 1 heterocycles. The highest BCUT2D eigenvalue weighted by molar-refractivity contribution is 5.84. The largest absolute Gasteiger partial charge is 0.480 e. The van der Waals surface area contributed by atoms with Gasteiger partial charge in [0.25, 0.3) is 0 Å². The SMILES string of the molecule is CC(CNC(=O)[C@@H]1CC[C@H](C(=O)O)N1Cc1ccccc1)NC(=O)OC(C)(C)C. The van der Waals surface area contributed by atoms with Gasteiger partial charge in [-0.05, 0) is 46.1 Å². The lowest BCUT2D eigenvalue weighted by Crippen LogP contribution is -2.50. The van der Waals surface area contributed by atoms with Crippen molar-refractivity contribution in [3.63, 3.8) is 0 Å². The number of hydrogen-bond donors (Lipinski definition) is 3. The number of nitrogens with zero attached hydrogens (tertiary/aromatic N) is 1. The molecule has 2 amide bonds. The van der Waals surface area contributed by atoms with E-state index < -0.39 is 29.7 Å². The summed E-state index contributed by atoms with van der Waals surface area (Å²) in [5, 5.41) is 15.0. The number of amides is 2. The minimum Gasteiger partial charge on any atom is -0.480 e. The first kappa shape index (κ1) is 22.7. The number of rotatable bonds is 7. The molecular formula is C21H31N3O5. The van der Waals surface area contributed by atoms with Gasteiger partial charge >= 0.3 is 12.1 Å². The van der Waals surface area contributed by atoms with E-state index in [1.165, 1.54) is 0 Å². The van der Waals surface area contributed by atoms with E-state index in [4.69, 9.17) is 4.74 Å². The van der Waals surface area contributed by atoms with Crippen LogP contribution in [0.5, 0.6) is 0 Å². The van der Waals surface area contributed by atoms with Crippen LogP contribution in [0.2, 0.25) is 0 Å². The van der Waals surface area contributed by atoms with Crippen molar-refractivity contribution >= 4 is 18.0 Å². The molecule has 3 atom stereocenters. The minimum atomic E-state index is -0.920. The van der Waals surface area contributed by atoms with Gasteiger partial charge in [-0.3, -0.25) is 14.5 Å². The van der Waals surface area contributed by atoms with Gasteiger partial charge < -0.3 is 20.5 Å². The van der Waals surface area contributed by atoms with Gasteiger partial charge in [0.1, 0.15) is 11.6 Å². The number of carbonyl (C=O) groups is 3. The van der Waals surface area contributed by atoms with Gasteiger partial charge in [0.05, 0.1) is 6.04 Å². The van der Waals surface area contributed by atoms with Crippen LogP contribution in [0.25, 0.3) is 0 Å². The molecule has 1 aliphatic heterocycles. The zero-order valence-corrected chi connectivity index (χ0v) is 17.5. The molecule has 0 bridgehead atoms. The van der Waals surface area contributed by atoms with Crippen LogP contribution in [0.1, 0.15) is 46.1 Å². The summed E-state index contributed by atoms with van der Waals surface area (Å²) < 4.78 is 5.20. The molecule has 29 heavy (non-hydrogen) atoms. The lowest BCUT2D eigenvalue weighted by atomic mass is 10.1. The van der Waals surface area contributed by atoms with E-state index in [0.29, 0.717) is 19.4 Å². The van der Waals surface area contributed by atoms with Crippen molar-refractivity contribution in [3.8, 4) is 0 Å². The fourth-order valence-corrected chi connectivity index (χ4v) is 3.36. The molecule has 1 unspecified atom stereocenters. The molecule has 1 aromatic carbocycles. The number of hydrogen-bond acceptors (Lipinski definition) is 5. The van der Waals surface area contributed by atoms with E-state index >= 15 is 0 Å². The molecule has 8 nitrogen and oxygen atoms in total. The Hall–Kier alpha value is -2.61. The van der Waals surface area contributed by atoms with Crippen molar-refractivity contribution in [2.45, 2.75) is 70.8 Å². The standard InChI is InChI=1S/C21H31N3O5/c1-14(23-20(28)29-21(2,3)4)12-22-18(25)16-10-11-17(19(26)27)24(16)13-15-8-6-5-7-9-15/h5-9,14,16-17H,10-13H2,1-4H3,(H,22,25)(H,23,28)(H,26,27)/t14?,16-,17+/m0/s1. The smallest absolute Gasteiger partial charge is 0.407 e. The lowest BCUT2D eigenvalue weighted by molar-refractivity contribution is -0.143. The molecule has 0 radical (unpaired) electrons. The van der Waals surface area contributed by atoms with Crippen molar-refractivity contribution in [3.05, 3.63) is 35.9 Å². The Labute approximate surface area is 171 Å². The third-order valence-corrected chi connectivity index (χ3v) is 4.66. The van der Waals surface area contributed by atoms with E-state index in [2.05, 4.69) is 10.6 Å². The maximum absolute atomic E-state index is 12.7. The van der Waals surface area contributed by atoms with Crippen LogP contribution < -0.4 is 10.6 Å². The van der Waals surface area contributed by atoms with Gasteiger partial charge in [0.15, 0.2) is 0 Å². The van der Waals surface area contributed by atoms with Crippen molar-refractivity contribution in [1.82, 2.24) is 15.5 Å². The van der Waals surface area contributed by atoms with Crippen LogP contribution in [-0.4, -0.2) is 58.2 Å². The topological polar surface area (TPSA) is 108 Å². The highest BCUT2D eigenvalue weighted by atomic mass is 16.6. The zero-order chi connectivity index (χ0) is 21.6. The molecule has 0 saturated carbocycles. The second kappa shape index (κ2) is 9.73. The van der Waals surface area contributed by atoms with Gasteiger partial charge in [0, 0.05) is 19.1 Å². The number of carboxylic acid groups (broad SMARTS) is 1. The van der Waals surface area contributed by atoms with Crippen molar-refractivity contribution < 1.29 is 24.2 Å². The van der Waals surface area contributed by atoms with E-state index in [-0.39, 0.29) is 18.5 Å². The maximum Gasteiger partial charge on any atom is 0.407 e. The quantitative estimate of drug-likeness (QED) is 0.641. The maximum atomic E-state index is 12.7. The molecule has 2 rings (SSSR count). The molecule has 1 fully saturated rings. The average Bonchev–Trinajstić information content (AvgIpc) is 3.02. The fourth-order valence-electron chi connectivity index (χ4n) is 3.36. The van der Waals surface area contributed by atoms with Crippen LogP contribution >= 0.6 is 0 Å². The molecule has 0 aliphatic carbocycles. The first-order valence-electron chi connectivity index (χ1n) is 9.86. The molecule has 160 valence electrons. The minimum absolute atomic E-state index is 0.228. The Morgan fingerprint density at radius 3 is 2.38 bits per heavy atom. The van der Waals surface area contributed by atoms with Gasteiger partial charge in [0.2, 0.25) is 5.91 Å². The van der Waals surface area contributed by atoms with Gasteiger partial charge in [-0.2, -0.15) is 0 Å². The molecule has 0 aromatic heterocycles. The number of ether oxygens (including phenoxy) is 1. The Bertz CT molecular complexity index is 717. The van der Waals surface area contributed by atoms with Crippen LogP contribution in [-0.2, 0) is 20.9 Å². The number of nitrogens with one attached hydrogen (secondary N) is 2. The average molecular weight is 405 g/mol. The monoisotopic (exact) mass is 405 g/mol. The number of carbonyl (C=O) groups excluding carboxylic acids is 2. The van der Waals surface area contributed by atoms with E-state index in [0.717, 1.165) is 5.56 Å². The summed E-state index contributed by atoms with van der Waals surface area (Å²) in [5.41, 5.74) is 0.360. The highest BCUT2D eigenvalue weighted by Gasteiger charge is 2.41. The van der Waals surface area contributed by atoms with E-state index in [1.807, 2.05) is 30.3 Å². The van der Waals surface area contributed by atoms with Gasteiger partial charge in [-0.15, -0.1) is 0 Å². The predicted molar refractivity (Wildman–Crippen MR) is 108 cm³/mol. The number of alkyl carbamates (subject to hydrolysis) is 1. The third-order valence-electron chi connectivity index (χ3n) is 4.66. The van der Waals surface area contributed by atoms with Crippen LogP contribution in [0, 0.1) is 0 Å². The summed E-state index contributed by atoms with van der Waals surface area (Å²) in [5.74, 6) is -1.15. The fraction of sp³-hybridized carbons (Fsp3) is 0.571. The van der Waals surface area contributed by atoms with E-state index in [1.54, 1.807) is 32.6 Å².